The Morgan fingerprint density at radius 3 is 1.41 bits per heavy atom. The van der Waals surface area contributed by atoms with Crippen LogP contribution >= 0.6 is 0 Å². The van der Waals surface area contributed by atoms with Crippen molar-refractivity contribution in [2.75, 3.05) is 13.2 Å². The number of hydrogen-bond donors (Lipinski definition) is 0. The fraction of sp³-hybridized carbons (Fsp3) is 0.889. The van der Waals surface area contributed by atoms with Gasteiger partial charge in [-0.2, -0.15) is 0 Å². The van der Waals surface area contributed by atoms with Gasteiger partial charge < -0.3 is 9.47 Å². The zero-order valence-electron chi connectivity index (χ0n) is 14.3. The van der Waals surface area contributed by atoms with Crippen LogP contribution in [0.3, 0.4) is 0 Å². The molecule has 0 N–H and O–H groups in total. The largest absolute Gasteiger partial charge is 0.466 e. The van der Waals surface area contributed by atoms with Crippen LogP contribution in [0.4, 0.5) is 0 Å². The van der Waals surface area contributed by atoms with E-state index in [1.54, 1.807) is 0 Å². The van der Waals surface area contributed by atoms with E-state index in [0.717, 1.165) is 32.1 Å². The molecule has 0 aliphatic heterocycles. The molecule has 4 rings (SSSR count). The highest BCUT2D eigenvalue weighted by Crippen LogP contribution is 2.74. The average molecular weight is 308 g/mol. The van der Waals surface area contributed by atoms with Crippen molar-refractivity contribution in [1.82, 2.24) is 0 Å². The zero-order chi connectivity index (χ0) is 16.2. The number of ether oxygens (including phenoxy) is 2. The Balaban J connectivity index is 2.02. The predicted molar refractivity (Wildman–Crippen MR) is 82.0 cm³/mol. The fourth-order valence-electron chi connectivity index (χ4n) is 6.70. The maximum atomic E-state index is 12.7. The standard InChI is InChI=1S/C18H28O4/c1-5-21-13(19)17-8-15(3)7-16(4,9-17)11-18(10-15,12-17)14(20)22-6-2/h5-12H2,1-4H3. The number of carbonyl (C=O) groups is 2. The highest BCUT2D eigenvalue weighted by molar-refractivity contribution is 5.83. The van der Waals surface area contributed by atoms with E-state index in [9.17, 15) is 9.59 Å². The summed E-state index contributed by atoms with van der Waals surface area (Å²) in [6.07, 6.45) is 5.14. The van der Waals surface area contributed by atoms with Crippen LogP contribution in [-0.4, -0.2) is 25.2 Å². The summed E-state index contributed by atoms with van der Waals surface area (Å²) in [5.74, 6) is -0.194. The summed E-state index contributed by atoms with van der Waals surface area (Å²) in [4.78, 5) is 25.5. The van der Waals surface area contributed by atoms with Gasteiger partial charge in [0.25, 0.3) is 0 Å². The molecule has 0 amide bonds. The first-order valence-corrected chi connectivity index (χ1v) is 8.55. The third-order valence-electron chi connectivity index (χ3n) is 6.01. The normalized spacial score (nSPS) is 45.6. The minimum atomic E-state index is -0.485. The highest BCUT2D eigenvalue weighted by atomic mass is 16.5. The number of carbonyl (C=O) groups excluding carboxylic acids is 2. The molecule has 0 aromatic carbocycles. The Bertz CT molecular complexity index is 451. The van der Waals surface area contributed by atoms with Gasteiger partial charge in [-0.15, -0.1) is 0 Å². The molecular formula is C18H28O4. The molecule has 22 heavy (non-hydrogen) atoms. The molecule has 0 saturated heterocycles. The van der Waals surface area contributed by atoms with Crippen LogP contribution in [0.25, 0.3) is 0 Å². The molecular weight excluding hydrogens is 280 g/mol. The SMILES string of the molecule is CCOC(=O)C12CC3(C)CC(C)(C1)CC(C(=O)OCC)(C3)C2. The van der Waals surface area contributed by atoms with Crippen molar-refractivity contribution in [3.63, 3.8) is 0 Å². The van der Waals surface area contributed by atoms with Crippen molar-refractivity contribution in [1.29, 1.82) is 0 Å². The van der Waals surface area contributed by atoms with Crippen LogP contribution < -0.4 is 0 Å². The molecule has 4 aliphatic rings. The van der Waals surface area contributed by atoms with E-state index < -0.39 is 10.8 Å². The lowest BCUT2D eigenvalue weighted by Gasteiger charge is -2.67. The third kappa shape index (κ3) is 2.17. The van der Waals surface area contributed by atoms with Crippen LogP contribution in [0.2, 0.25) is 0 Å². The first kappa shape index (κ1) is 15.8. The van der Waals surface area contributed by atoms with Gasteiger partial charge in [0.1, 0.15) is 0 Å². The number of rotatable bonds is 4. The summed E-state index contributed by atoms with van der Waals surface area (Å²) >= 11 is 0. The van der Waals surface area contributed by atoms with E-state index in [1.807, 2.05) is 13.8 Å². The van der Waals surface area contributed by atoms with Crippen molar-refractivity contribution in [3.8, 4) is 0 Å². The highest BCUT2D eigenvalue weighted by Gasteiger charge is 2.70. The van der Waals surface area contributed by atoms with Crippen LogP contribution in [0.1, 0.15) is 66.2 Å². The monoisotopic (exact) mass is 308 g/mol. The average Bonchev–Trinajstić information content (AvgIpc) is 2.35. The quantitative estimate of drug-likeness (QED) is 0.746. The number of hydrogen-bond acceptors (Lipinski definition) is 4. The van der Waals surface area contributed by atoms with Crippen molar-refractivity contribution >= 4 is 11.9 Å². The van der Waals surface area contributed by atoms with Crippen molar-refractivity contribution in [3.05, 3.63) is 0 Å². The minimum Gasteiger partial charge on any atom is -0.466 e. The summed E-state index contributed by atoms with van der Waals surface area (Å²) in [5.41, 5.74) is -0.881. The molecule has 0 aromatic heterocycles. The van der Waals surface area contributed by atoms with Gasteiger partial charge >= 0.3 is 11.9 Å². The first-order chi connectivity index (χ1) is 10.2. The minimum absolute atomic E-state index is 0.0447. The molecule has 0 unspecified atom stereocenters. The van der Waals surface area contributed by atoms with Gasteiger partial charge in [0.2, 0.25) is 0 Å². The van der Waals surface area contributed by atoms with Gasteiger partial charge in [-0.25, -0.2) is 0 Å². The van der Waals surface area contributed by atoms with Gasteiger partial charge in [-0.3, -0.25) is 9.59 Å². The number of esters is 2. The van der Waals surface area contributed by atoms with E-state index in [-0.39, 0.29) is 22.8 Å². The second kappa shape index (κ2) is 4.72. The van der Waals surface area contributed by atoms with E-state index in [0.29, 0.717) is 19.6 Å². The second-order valence-corrected chi connectivity index (χ2v) is 8.68. The summed E-state index contributed by atoms with van der Waals surface area (Å²) < 4.78 is 10.8. The zero-order valence-corrected chi connectivity index (χ0v) is 14.3. The Kier molecular flexibility index (Phi) is 3.39. The lowest BCUT2D eigenvalue weighted by Crippen LogP contribution is -2.64. The lowest BCUT2D eigenvalue weighted by atomic mass is 9.36. The van der Waals surface area contributed by atoms with Gasteiger partial charge in [-0.05, 0) is 63.2 Å². The van der Waals surface area contributed by atoms with E-state index >= 15 is 0 Å². The fourth-order valence-corrected chi connectivity index (χ4v) is 6.70. The molecule has 4 saturated carbocycles. The molecule has 4 aliphatic carbocycles. The second-order valence-electron chi connectivity index (χ2n) is 8.68. The van der Waals surface area contributed by atoms with E-state index in [4.69, 9.17) is 9.47 Å². The van der Waals surface area contributed by atoms with Crippen molar-refractivity contribution < 1.29 is 19.1 Å². The van der Waals surface area contributed by atoms with Gasteiger partial charge in [-0.1, -0.05) is 13.8 Å². The molecule has 0 atom stereocenters. The Hall–Kier alpha value is -1.06. The van der Waals surface area contributed by atoms with Crippen LogP contribution in [-0.2, 0) is 19.1 Å². The van der Waals surface area contributed by atoms with Crippen LogP contribution in [0, 0.1) is 21.7 Å². The van der Waals surface area contributed by atoms with E-state index in [2.05, 4.69) is 13.8 Å². The van der Waals surface area contributed by atoms with Crippen molar-refractivity contribution in [2.24, 2.45) is 21.7 Å². The molecule has 0 spiro atoms. The van der Waals surface area contributed by atoms with Crippen molar-refractivity contribution in [2.45, 2.75) is 66.2 Å². The summed E-state index contributed by atoms with van der Waals surface area (Å²) in [7, 11) is 0. The molecule has 0 aromatic rings. The van der Waals surface area contributed by atoms with Crippen LogP contribution in [0.15, 0.2) is 0 Å². The van der Waals surface area contributed by atoms with Crippen LogP contribution in [0.5, 0.6) is 0 Å². The Labute approximate surface area is 132 Å². The molecule has 4 fully saturated rings. The third-order valence-corrected chi connectivity index (χ3v) is 6.01. The van der Waals surface area contributed by atoms with E-state index in [1.165, 1.54) is 0 Å². The lowest BCUT2D eigenvalue weighted by molar-refractivity contribution is -0.221. The smallest absolute Gasteiger partial charge is 0.312 e. The maximum Gasteiger partial charge on any atom is 0.312 e. The molecule has 4 nitrogen and oxygen atoms in total. The summed E-state index contributed by atoms with van der Waals surface area (Å²) in [6, 6.07) is 0. The summed E-state index contributed by atoms with van der Waals surface area (Å²) in [5, 5.41) is 0. The maximum absolute atomic E-state index is 12.7. The topological polar surface area (TPSA) is 52.6 Å². The molecule has 124 valence electrons. The Morgan fingerprint density at radius 2 is 1.09 bits per heavy atom. The summed E-state index contributed by atoms with van der Waals surface area (Å²) in [6.45, 7) is 8.99. The predicted octanol–water partition coefficient (Wildman–Crippen LogP) is 3.48. The molecule has 0 heterocycles. The molecule has 4 heteroatoms. The molecule has 0 radical (unpaired) electrons. The Morgan fingerprint density at radius 1 is 0.727 bits per heavy atom. The van der Waals surface area contributed by atoms with Gasteiger partial charge in [0, 0.05) is 0 Å². The molecule has 4 bridgehead atoms. The van der Waals surface area contributed by atoms with Gasteiger partial charge in [0.15, 0.2) is 0 Å². The first-order valence-electron chi connectivity index (χ1n) is 8.55. The van der Waals surface area contributed by atoms with Gasteiger partial charge in [0.05, 0.1) is 24.0 Å².